The smallest absolute Gasteiger partial charge is 0.00249 e. The molecule has 0 bridgehead atoms. The second-order valence-corrected chi connectivity index (χ2v) is 8.19. The first kappa shape index (κ1) is 11.6. The molecule has 0 saturated carbocycles. The number of hydrogen-bond acceptors (Lipinski definition) is 0. The van der Waals surface area contributed by atoms with Crippen molar-refractivity contribution in [1.29, 1.82) is 0 Å². The van der Waals surface area contributed by atoms with Crippen molar-refractivity contribution in [3.63, 3.8) is 0 Å². The molecule has 1 aromatic carbocycles. The minimum absolute atomic E-state index is 0.363. The van der Waals surface area contributed by atoms with Gasteiger partial charge in [0.15, 0.2) is 0 Å². The van der Waals surface area contributed by atoms with Gasteiger partial charge in [-0.25, -0.2) is 10.0 Å². The van der Waals surface area contributed by atoms with E-state index in [1.165, 1.54) is 28.6 Å². The summed E-state index contributed by atoms with van der Waals surface area (Å²) in [6.45, 7) is 7.06. The third kappa shape index (κ3) is 2.78. The third-order valence-electron chi connectivity index (χ3n) is 3.15. The van der Waals surface area contributed by atoms with E-state index in [4.69, 9.17) is 0 Å². The van der Waals surface area contributed by atoms with Crippen LogP contribution >= 0.6 is 10.0 Å². The van der Waals surface area contributed by atoms with Crippen LogP contribution in [0.1, 0.15) is 26.3 Å². The highest BCUT2D eigenvalue weighted by atomic mass is 32.3. The largest absolute Gasteiger partial charge is 0.238 e. The number of benzene rings is 1. The van der Waals surface area contributed by atoms with E-state index in [1.807, 2.05) is 0 Å². The summed E-state index contributed by atoms with van der Waals surface area (Å²) in [4.78, 5) is 0. The Labute approximate surface area is 90.0 Å². The predicted molar refractivity (Wildman–Crippen MR) is 69.4 cm³/mol. The van der Waals surface area contributed by atoms with Gasteiger partial charge in [0.05, 0.1) is 0 Å². The van der Waals surface area contributed by atoms with Gasteiger partial charge in [0.2, 0.25) is 0 Å². The highest BCUT2D eigenvalue weighted by Crippen LogP contribution is 2.49. The Hall–Kier alpha value is -0.430. The molecule has 0 heterocycles. The van der Waals surface area contributed by atoms with Gasteiger partial charge in [-0.2, -0.15) is 0 Å². The van der Waals surface area contributed by atoms with Crippen LogP contribution in [0.2, 0.25) is 0 Å². The molecule has 1 heteroatoms. The molecule has 14 heavy (non-hydrogen) atoms. The molecule has 0 aliphatic rings. The molecule has 80 valence electrons. The molecule has 0 fully saturated rings. The second-order valence-electron chi connectivity index (χ2n) is 3.72. The molecule has 0 radical (unpaired) electrons. The van der Waals surface area contributed by atoms with Crippen molar-refractivity contribution in [1.82, 2.24) is 0 Å². The average molecular weight is 210 g/mol. The molecule has 0 atom stereocenters. The molecule has 0 N–H and O–H groups in total. The first-order valence-corrected chi connectivity index (χ1v) is 7.85. The van der Waals surface area contributed by atoms with Crippen molar-refractivity contribution >= 4 is 10.0 Å². The van der Waals surface area contributed by atoms with Crippen LogP contribution in [0.3, 0.4) is 0 Å². The van der Waals surface area contributed by atoms with Crippen LogP contribution in [-0.4, -0.2) is 17.3 Å². The molecule has 0 amide bonds. The summed E-state index contributed by atoms with van der Waals surface area (Å²) in [6.07, 6.45) is 0. The number of rotatable bonds is 5. The molecule has 0 aromatic heterocycles. The Morgan fingerprint density at radius 3 is 1.79 bits per heavy atom. The Balaban J connectivity index is 2.74. The van der Waals surface area contributed by atoms with E-state index in [0.717, 1.165) is 0 Å². The quantitative estimate of drug-likeness (QED) is 0.688. The fourth-order valence-electron chi connectivity index (χ4n) is 1.85. The highest BCUT2D eigenvalue weighted by molar-refractivity contribution is 8.33. The second kappa shape index (κ2) is 5.45. The van der Waals surface area contributed by atoms with Crippen LogP contribution in [0.25, 0.3) is 0 Å². The summed E-state index contributed by atoms with van der Waals surface area (Å²) in [5.74, 6) is 5.43. The van der Waals surface area contributed by atoms with E-state index < -0.39 is 0 Å². The lowest BCUT2D eigenvalue weighted by Gasteiger charge is -2.37. The van der Waals surface area contributed by atoms with E-state index in [2.05, 4.69) is 51.1 Å². The molecule has 0 aliphatic heterocycles. The van der Waals surface area contributed by atoms with E-state index in [1.54, 1.807) is 0 Å². The summed E-state index contributed by atoms with van der Waals surface area (Å²) in [5.41, 5.74) is 1.52. The fourth-order valence-corrected chi connectivity index (χ4v) is 4.58. The predicted octanol–water partition coefficient (Wildman–Crippen LogP) is 4.05. The number of hydrogen-bond donors (Lipinski definition) is 0. The molecule has 1 rings (SSSR count). The van der Waals surface area contributed by atoms with Crippen LogP contribution in [0, 0.1) is 0 Å². The van der Waals surface area contributed by atoms with Gasteiger partial charge in [-0.3, -0.25) is 0 Å². The zero-order chi connectivity index (χ0) is 10.4. The van der Waals surface area contributed by atoms with E-state index >= 15 is 0 Å². The minimum atomic E-state index is -0.363. The highest BCUT2D eigenvalue weighted by Gasteiger charge is 2.17. The summed E-state index contributed by atoms with van der Waals surface area (Å²) in [5, 5.41) is 0. The van der Waals surface area contributed by atoms with Crippen molar-refractivity contribution < 1.29 is 0 Å². The average Bonchev–Trinajstić information content (AvgIpc) is 2.28. The normalized spacial score (nSPS) is 12.8. The maximum Gasteiger partial charge on any atom is 0.00249 e. The van der Waals surface area contributed by atoms with Gasteiger partial charge in [0, 0.05) is 5.75 Å². The lowest BCUT2D eigenvalue weighted by atomic mass is 10.2. The fraction of sp³-hybridized carbons (Fsp3) is 0.538. The Bertz CT molecular complexity index is 241. The Morgan fingerprint density at radius 2 is 1.36 bits per heavy atom. The standard InChI is InChI=1S/C13H22S/c1-4-14(5-2,6-3)12-13-10-8-7-9-11-13/h7-11H,4-6,12H2,1-3H3. The van der Waals surface area contributed by atoms with Crippen LogP contribution in [0.5, 0.6) is 0 Å². The van der Waals surface area contributed by atoms with E-state index in [9.17, 15) is 0 Å². The van der Waals surface area contributed by atoms with Crippen LogP contribution in [-0.2, 0) is 5.75 Å². The van der Waals surface area contributed by atoms with Crippen LogP contribution in [0.15, 0.2) is 30.3 Å². The van der Waals surface area contributed by atoms with Gasteiger partial charge in [-0.05, 0) is 22.8 Å². The molecule has 0 nitrogen and oxygen atoms in total. The zero-order valence-electron chi connectivity index (χ0n) is 9.62. The van der Waals surface area contributed by atoms with Crippen LogP contribution < -0.4 is 0 Å². The van der Waals surface area contributed by atoms with Crippen LogP contribution in [0.4, 0.5) is 0 Å². The molecule has 0 unspecified atom stereocenters. The molecule has 1 aromatic rings. The lowest BCUT2D eigenvalue weighted by Crippen LogP contribution is -2.11. The van der Waals surface area contributed by atoms with Gasteiger partial charge in [0.25, 0.3) is 0 Å². The topological polar surface area (TPSA) is 0 Å². The first-order valence-electron chi connectivity index (χ1n) is 5.54. The van der Waals surface area contributed by atoms with Gasteiger partial charge in [0.1, 0.15) is 0 Å². The molecular weight excluding hydrogens is 188 g/mol. The first-order chi connectivity index (χ1) is 6.76. The summed E-state index contributed by atoms with van der Waals surface area (Å²) in [7, 11) is -0.363. The van der Waals surface area contributed by atoms with Crippen molar-refractivity contribution in [3.05, 3.63) is 35.9 Å². The summed E-state index contributed by atoms with van der Waals surface area (Å²) >= 11 is 0. The Kier molecular flexibility index (Phi) is 4.53. The molecule has 0 spiro atoms. The summed E-state index contributed by atoms with van der Waals surface area (Å²) < 4.78 is 0. The van der Waals surface area contributed by atoms with Gasteiger partial charge >= 0.3 is 0 Å². The van der Waals surface area contributed by atoms with Crippen molar-refractivity contribution in [3.8, 4) is 0 Å². The van der Waals surface area contributed by atoms with Gasteiger partial charge < -0.3 is 0 Å². The monoisotopic (exact) mass is 210 g/mol. The Morgan fingerprint density at radius 1 is 0.857 bits per heavy atom. The van der Waals surface area contributed by atoms with E-state index in [-0.39, 0.29) is 10.0 Å². The SMILES string of the molecule is CCS(CC)(CC)Cc1ccccc1. The maximum atomic E-state index is 2.35. The zero-order valence-corrected chi connectivity index (χ0v) is 10.4. The maximum absolute atomic E-state index is 2.35. The third-order valence-corrected chi connectivity index (χ3v) is 7.77. The lowest BCUT2D eigenvalue weighted by molar-refractivity contribution is 1.27. The van der Waals surface area contributed by atoms with E-state index in [0.29, 0.717) is 0 Å². The minimum Gasteiger partial charge on any atom is -0.238 e. The van der Waals surface area contributed by atoms with Crippen molar-refractivity contribution in [2.24, 2.45) is 0 Å². The molecule has 0 saturated heterocycles. The summed E-state index contributed by atoms with van der Waals surface area (Å²) in [6, 6.07) is 10.9. The molecular formula is C13H22S. The van der Waals surface area contributed by atoms with Gasteiger partial charge in [-0.1, -0.05) is 51.1 Å². The van der Waals surface area contributed by atoms with Crippen molar-refractivity contribution in [2.75, 3.05) is 17.3 Å². The molecule has 0 aliphatic carbocycles. The van der Waals surface area contributed by atoms with Crippen molar-refractivity contribution in [2.45, 2.75) is 26.5 Å². The van der Waals surface area contributed by atoms with Gasteiger partial charge in [-0.15, -0.1) is 0 Å².